The Morgan fingerprint density at radius 3 is 2.40 bits per heavy atom. The van der Waals surface area contributed by atoms with Crippen LogP contribution >= 0.6 is 24.0 Å². The Morgan fingerprint density at radius 1 is 1.60 bits per heavy atom. The van der Waals surface area contributed by atoms with Crippen molar-refractivity contribution in [3.05, 3.63) is 0 Å². The summed E-state index contributed by atoms with van der Waals surface area (Å²) in [7, 11) is -2.86. The fourth-order valence-corrected chi connectivity index (χ4v) is 2.44. The molecule has 0 radical (unpaired) electrons. The molecule has 0 aromatic carbocycles. The first kappa shape index (κ1) is 7.96. The molecule has 1 aliphatic rings. The van der Waals surface area contributed by atoms with Crippen LogP contribution in [0.15, 0.2) is 0 Å². The predicted molar refractivity (Wildman–Crippen MR) is 42.2 cm³/mol. The lowest BCUT2D eigenvalue weighted by Gasteiger charge is -2.02. The normalized spacial score (nSPS) is 19.1. The number of nitrogens with zero attached hydrogens (tertiary/aromatic N) is 1. The number of hydrogen-bond donors (Lipinski definition) is 1. The largest absolute Gasteiger partial charge is 0.272 e. The zero-order valence-electron chi connectivity index (χ0n) is 4.64. The van der Waals surface area contributed by atoms with Crippen LogP contribution in [0.25, 0.3) is 0 Å². The van der Waals surface area contributed by atoms with E-state index in [9.17, 15) is 13.2 Å². The zero-order valence-corrected chi connectivity index (χ0v) is 7.17. The number of carbonyl (C=O) groups is 1. The van der Waals surface area contributed by atoms with Gasteiger partial charge in [0.1, 0.15) is 0 Å². The third kappa shape index (κ3) is 1.30. The Bertz CT molecular complexity index is 234. The molecule has 0 aliphatic carbocycles. The lowest BCUT2D eigenvalue weighted by molar-refractivity contribution is -0.120. The highest BCUT2D eigenvalue weighted by molar-refractivity contribution is 8.24. The molecule has 0 atom stereocenters. The fourth-order valence-electron chi connectivity index (χ4n) is 0.505. The first-order valence-corrected chi connectivity index (χ1v) is 4.79. The number of thiol groups is 1. The molecule has 56 valence electrons. The van der Waals surface area contributed by atoms with Gasteiger partial charge in [-0.2, -0.15) is 4.31 Å². The molecule has 1 fully saturated rings. The van der Waals surface area contributed by atoms with E-state index in [1.165, 1.54) is 0 Å². The Hall–Kier alpha value is -0.140. The summed E-state index contributed by atoms with van der Waals surface area (Å²) in [4.78, 5) is 10.7. The van der Waals surface area contributed by atoms with Crippen LogP contribution in [0.2, 0.25) is 0 Å². The van der Waals surface area contributed by atoms with Crippen LogP contribution in [-0.2, 0) is 15.7 Å². The Morgan fingerprint density at radius 2 is 2.20 bits per heavy atom. The molecular weight excluding hydrogens is 194 g/mol. The third-order valence-corrected chi connectivity index (χ3v) is 3.27. The van der Waals surface area contributed by atoms with Crippen molar-refractivity contribution >= 4 is 45.1 Å². The summed E-state index contributed by atoms with van der Waals surface area (Å²) in [5.41, 5.74) is 0. The minimum atomic E-state index is -2.86. The summed E-state index contributed by atoms with van der Waals surface area (Å²) in [6, 6.07) is 0. The number of carbonyl (C=O) groups excluding carboxylic acids is 1. The molecule has 0 saturated carbocycles. The van der Waals surface area contributed by atoms with Crippen molar-refractivity contribution in [3.63, 3.8) is 0 Å². The van der Waals surface area contributed by atoms with Crippen LogP contribution in [0.5, 0.6) is 0 Å². The molecule has 4 nitrogen and oxygen atoms in total. The summed E-state index contributed by atoms with van der Waals surface area (Å²) in [6.07, 6.45) is 0. The van der Waals surface area contributed by atoms with Crippen LogP contribution in [0.3, 0.4) is 0 Å². The second kappa shape index (κ2) is 2.85. The van der Waals surface area contributed by atoms with Gasteiger partial charge in [-0.1, -0.05) is 24.0 Å². The van der Waals surface area contributed by atoms with Crippen LogP contribution < -0.4 is 0 Å². The second-order valence-corrected chi connectivity index (χ2v) is 3.98. The maximum atomic E-state index is 10.7. The van der Waals surface area contributed by atoms with Gasteiger partial charge in [0, 0.05) is 0 Å². The van der Waals surface area contributed by atoms with Crippen molar-refractivity contribution in [2.24, 2.45) is 0 Å². The van der Waals surface area contributed by atoms with E-state index in [2.05, 4.69) is 12.2 Å². The molecule has 0 unspecified atom stereocenters. The van der Waals surface area contributed by atoms with Crippen LogP contribution in [-0.4, -0.2) is 28.7 Å². The highest BCUT2D eigenvalue weighted by Gasteiger charge is 2.28. The summed E-state index contributed by atoms with van der Waals surface area (Å²) in [5, 5.41) is 0. The van der Waals surface area contributed by atoms with E-state index < -0.39 is 16.8 Å². The van der Waals surface area contributed by atoms with Crippen LogP contribution in [0, 0.1) is 0 Å². The molecular formula is C3H3NO3S3. The highest BCUT2D eigenvalue weighted by Crippen LogP contribution is 2.18. The Labute approximate surface area is 68.7 Å². The van der Waals surface area contributed by atoms with E-state index in [1.54, 1.807) is 0 Å². The number of rotatable bonds is 1. The Balaban J connectivity index is 2.93. The van der Waals surface area contributed by atoms with E-state index in [0.717, 1.165) is 11.8 Å². The molecule has 0 spiro atoms. The summed E-state index contributed by atoms with van der Waals surface area (Å²) >= 11 is 5.64. The molecule has 1 heterocycles. The molecule has 0 N–H and O–H groups in total. The average Bonchev–Trinajstić information content (AvgIpc) is 2.11. The molecule has 10 heavy (non-hydrogen) atoms. The van der Waals surface area contributed by atoms with Gasteiger partial charge in [0.05, 0.1) is 5.75 Å². The number of hydrogen-bond acceptors (Lipinski definition) is 5. The minimum absolute atomic E-state index is 0.126. The Kier molecular flexibility index (Phi) is 2.27. The van der Waals surface area contributed by atoms with E-state index >= 15 is 0 Å². The topological polar surface area (TPSA) is 54.5 Å². The van der Waals surface area contributed by atoms with Crippen molar-refractivity contribution < 1.29 is 13.2 Å². The molecule has 1 rings (SSSR count). The maximum absolute atomic E-state index is 10.7. The van der Waals surface area contributed by atoms with Crippen LogP contribution in [0.4, 0.5) is 0 Å². The average molecular weight is 197 g/mol. The smallest absolute Gasteiger partial charge is 0.252 e. The minimum Gasteiger partial charge on any atom is -0.272 e. The standard InChI is InChI=1S/C3H3NO3S3/c5-2-1-9-3(8)4(2)10(6)7/h10H,1H2. The summed E-state index contributed by atoms with van der Waals surface area (Å²) < 4.78 is 21.3. The SMILES string of the molecule is O=C1CSC(=S)N1[SH](=O)=O. The first-order chi connectivity index (χ1) is 4.63. The lowest BCUT2D eigenvalue weighted by Crippen LogP contribution is -2.26. The van der Waals surface area contributed by atoms with Gasteiger partial charge in [0.2, 0.25) is 10.9 Å². The second-order valence-electron chi connectivity index (χ2n) is 1.50. The fraction of sp³-hybridized carbons (Fsp3) is 0.333. The predicted octanol–water partition coefficient (Wildman–Crippen LogP) is -0.627. The van der Waals surface area contributed by atoms with Gasteiger partial charge in [-0.15, -0.1) is 0 Å². The summed E-state index contributed by atoms with van der Waals surface area (Å²) in [5.74, 6) is -0.312. The summed E-state index contributed by atoms with van der Waals surface area (Å²) in [6.45, 7) is 0. The zero-order chi connectivity index (χ0) is 7.72. The molecule has 7 heteroatoms. The molecule has 1 saturated heterocycles. The van der Waals surface area contributed by atoms with Crippen molar-refractivity contribution in [1.29, 1.82) is 0 Å². The third-order valence-electron chi connectivity index (χ3n) is 0.892. The molecule has 0 bridgehead atoms. The van der Waals surface area contributed by atoms with Gasteiger partial charge in [-0.05, 0) is 0 Å². The van der Waals surface area contributed by atoms with E-state index in [4.69, 9.17) is 0 Å². The van der Waals surface area contributed by atoms with Crippen molar-refractivity contribution in [3.8, 4) is 0 Å². The van der Waals surface area contributed by atoms with Gasteiger partial charge in [0.15, 0.2) is 4.32 Å². The maximum Gasteiger partial charge on any atom is 0.252 e. The van der Waals surface area contributed by atoms with Gasteiger partial charge in [-0.25, -0.2) is 8.42 Å². The monoisotopic (exact) mass is 197 g/mol. The van der Waals surface area contributed by atoms with Gasteiger partial charge in [0.25, 0.3) is 5.91 Å². The number of thiocarbonyl (C=S) groups is 1. The van der Waals surface area contributed by atoms with E-state index in [1.807, 2.05) is 0 Å². The van der Waals surface area contributed by atoms with Crippen molar-refractivity contribution in [1.82, 2.24) is 4.31 Å². The first-order valence-electron chi connectivity index (χ1n) is 2.27. The quantitative estimate of drug-likeness (QED) is 0.448. The molecule has 1 aliphatic heterocycles. The molecule has 1 amide bonds. The van der Waals surface area contributed by atoms with Crippen molar-refractivity contribution in [2.45, 2.75) is 0 Å². The highest BCUT2D eigenvalue weighted by atomic mass is 32.2. The number of amides is 1. The van der Waals surface area contributed by atoms with Crippen LogP contribution in [0.1, 0.15) is 0 Å². The van der Waals surface area contributed by atoms with E-state index in [0.29, 0.717) is 4.31 Å². The van der Waals surface area contributed by atoms with Crippen molar-refractivity contribution in [2.75, 3.05) is 5.75 Å². The molecule has 0 aromatic heterocycles. The van der Waals surface area contributed by atoms with Gasteiger partial charge < -0.3 is 0 Å². The lowest BCUT2D eigenvalue weighted by atomic mass is 10.7. The van der Waals surface area contributed by atoms with Gasteiger partial charge >= 0.3 is 0 Å². The van der Waals surface area contributed by atoms with Gasteiger partial charge in [-0.3, -0.25) is 4.79 Å². The molecule has 0 aromatic rings. The number of thioether (sulfide) groups is 1. The van der Waals surface area contributed by atoms with E-state index in [-0.39, 0.29) is 10.1 Å².